The van der Waals surface area contributed by atoms with Gasteiger partial charge in [0.15, 0.2) is 0 Å². The molecule has 0 aliphatic heterocycles. The van der Waals surface area contributed by atoms with E-state index in [2.05, 4.69) is 44.7 Å². The lowest BCUT2D eigenvalue weighted by Crippen LogP contribution is -1.94. The molecule has 1 aromatic carbocycles. The fraction of sp³-hybridized carbons (Fsp3) is 0.250. The van der Waals surface area contributed by atoms with Crippen molar-refractivity contribution >= 4 is 0 Å². The van der Waals surface area contributed by atoms with Gasteiger partial charge in [0.05, 0.1) is 0 Å². The van der Waals surface area contributed by atoms with Crippen molar-refractivity contribution in [2.75, 3.05) is 0 Å². The highest BCUT2D eigenvalue weighted by Gasteiger charge is 2.00. The number of rotatable bonds is 3. The Balaban J connectivity index is 2.59. The lowest BCUT2D eigenvalue weighted by Gasteiger charge is -2.07. The molecule has 0 saturated carbocycles. The van der Waals surface area contributed by atoms with Crippen LogP contribution < -0.4 is 0 Å². The van der Waals surface area contributed by atoms with Crippen molar-refractivity contribution in [3.05, 3.63) is 54.0 Å². The standard InChI is InChI=1S/C12H15/c1-10(2)11(3)9-12-7-5-4-6-8-12/h4-8H,3,9H2,1-2H3. The van der Waals surface area contributed by atoms with Crippen LogP contribution in [0.2, 0.25) is 0 Å². The Kier molecular flexibility index (Phi) is 3.09. The van der Waals surface area contributed by atoms with E-state index >= 15 is 0 Å². The Bertz CT molecular complexity index is 244. The van der Waals surface area contributed by atoms with Gasteiger partial charge in [-0.25, -0.2) is 0 Å². The summed E-state index contributed by atoms with van der Waals surface area (Å²) in [5.41, 5.74) is 2.56. The van der Waals surface area contributed by atoms with Gasteiger partial charge < -0.3 is 0 Å². The van der Waals surface area contributed by atoms with E-state index in [0.29, 0.717) is 0 Å². The molecule has 0 saturated heterocycles. The Labute approximate surface area is 74.9 Å². The van der Waals surface area contributed by atoms with Gasteiger partial charge in [-0.05, 0) is 17.9 Å². The molecule has 1 aromatic rings. The second kappa shape index (κ2) is 4.10. The third-order valence-electron chi connectivity index (χ3n) is 1.97. The molecule has 0 atom stereocenters. The molecule has 0 bridgehead atoms. The molecule has 0 spiro atoms. The maximum Gasteiger partial charge on any atom is -0.00557 e. The summed E-state index contributed by atoms with van der Waals surface area (Å²) in [6, 6.07) is 10.4. The molecule has 0 nitrogen and oxygen atoms in total. The quantitative estimate of drug-likeness (QED) is 0.634. The van der Waals surface area contributed by atoms with Gasteiger partial charge in [0, 0.05) is 0 Å². The predicted molar refractivity (Wildman–Crippen MR) is 53.9 cm³/mol. The minimum Gasteiger partial charge on any atom is -0.0990 e. The maximum atomic E-state index is 4.01. The van der Waals surface area contributed by atoms with Gasteiger partial charge in [0.1, 0.15) is 0 Å². The van der Waals surface area contributed by atoms with Crippen LogP contribution in [0.15, 0.2) is 42.5 Å². The maximum absolute atomic E-state index is 4.01. The highest BCUT2D eigenvalue weighted by Crippen LogP contribution is 2.14. The molecule has 0 fully saturated rings. The molecule has 0 N–H and O–H groups in total. The van der Waals surface area contributed by atoms with E-state index in [1.165, 1.54) is 17.1 Å². The van der Waals surface area contributed by atoms with Gasteiger partial charge in [-0.3, -0.25) is 0 Å². The fourth-order valence-corrected chi connectivity index (χ4v) is 1.02. The van der Waals surface area contributed by atoms with Gasteiger partial charge in [0.2, 0.25) is 0 Å². The second-order valence-corrected chi connectivity index (χ2v) is 3.27. The van der Waals surface area contributed by atoms with Crippen LogP contribution in [0, 0.1) is 5.92 Å². The normalized spacial score (nSPS) is 10.2. The molecule has 1 radical (unpaired) electrons. The first-order valence-corrected chi connectivity index (χ1v) is 4.22. The molecule has 0 aliphatic carbocycles. The molecule has 1 rings (SSSR count). The summed E-state index contributed by atoms with van der Waals surface area (Å²) in [6.07, 6.45) is 0.975. The molecule has 0 aliphatic rings. The Morgan fingerprint density at radius 2 is 1.75 bits per heavy atom. The van der Waals surface area contributed by atoms with Crippen LogP contribution in [0.4, 0.5) is 0 Å². The Hall–Kier alpha value is -1.04. The zero-order chi connectivity index (χ0) is 8.97. The van der Waals surface area contributed by atoms with Crippen LogP contribution in [0.5, 0.6) is 0 Å². The summed E-state index contributed by atoms with van der Waals surface area (Å²) in [4.78, 5) is 0. The SMILES string of the molecule is C=C(Cc1ccccc1)[C](C)C. The van der Waals surface area contributed by atoms with Crippen LogP contribution in [-0.4, -0.2) is 0 Å². The van der Waals surface area contributed by atoms with Crippen LogP contribution in [0.1, 0.15) is 19.4 Å². The molecule has 0 heterocycles. The molecule has 0 aromatic heterocycles. The first-order valence-electron chi connectivity index (χ1n) is 4.22. The lowest BCUT2D eigenvalue weighted by molar-refractivity contribution is 1.03. The summed E-state index contributed by atoms with van der Waals surface area (Å²) >= 11 is 0. The molecule has 63 valence electrons. The highest BCUT2D eigenvalue weighted by molar-refractivity contribution is 5.26. The number of hydrogen-bond donors (Lipinski definition) is 0. The summed E-state index contributed by atoms with van der Waals surface area (Å²) in [6.45, 7) is 8.22. The van der Waals surface area contributed by atoms with Gasteiger partial charge in [-0.2, -0.15) is 0 Å². The van der Waals surface area contributed by atoms with E-state index in [9.17, 15) is 0 Å². The minimum absolute atomic E-state index is 0.975. The predicted octanol–water partition coefficient (Wildman–Crippen LogP) is 3.40. The third-order valence-corrected chi connectivity index (χ3v) is 1.97. The van der Waals surface area contributed by atoms with E-state index in [-0.39, 0.29) is 0 Å². The molecule has 0 unspecified atom stereocenters. The van der Waals surface area contributed by atoms with Crippen LogP contribution in [-0.2, 0) is 6.42 Å². The molecular weight excluding hydrogens is 144 g/mol. The van der Waals surface area contributed by atoms with E-state index in [0.717, 1.165) is 6.42 Å². The monoisotopic (exact) mass is 159 g/mol. The minimum atomic E-state index is 0.975. The van der Waals surface area contributed by atoms with Crippen molar-refractivity contribution in [1.82, 2.24) is 0 Å². The van der Waals surface area contributed by atoms with Crippen molar-refractivity contribution in [2.45, 2.75) is 20.3 Å². The average Bonchev–Trinajstić information content (AvgIpc) is 2.06. The van der Waals surface area contributed by atoms with Crippen LogP contribution >= 0.6 is 0 Å². The summed E-state index contributed by atoms with van der Waals surface area (Å²) in [7, 11) is 0. The number of benzene rings is 1. The van der Waals surface area contributed by atoms with Crippen molar-refractivity contribution in [1.29, 1.82) is 0 Å². The molecular formula is C12H15. The Morgan fingerprint density at radius 1 is 1.17 bits per heavy atom. The fourth-order valence-electron chi connectivity index (χ4n) is 1.02. The van der Waals surface area contributed by atoms with E-state index < -0.39 is 0 Å². The van der Waals surface area contributed by atoms with E-state index in [1.54, 1.807) is 0 Å². The summed E-state index contributed by atoms with van der Waals surface area (Å²) in [5, 5.41) is 0. The molecule has 0 heteroatoms. The van der Waals surface area contributed by atoms with E-state index in [4.69, 9.17) is 0 Å². The zero-order valence-electron chi connectivity index (χ0n) is 7.80. The first-order chi connectivity index (χ1) is 5.70. The highest BCUT2D eigenvalue weighted by atomic mass is 14.1. The van der Waals surface area contributed by atoms with Crippen molar-refractivity contribution in [3.63, 3.8) is 0 Å². The van der Waals surface area contributed by atoms with Gasteiger partial charge in [-0.1, -0.05) is 56.3 Å². The Morgan fingerprint density at radius 3 is 2.25 bits per heavy atom. The van der Waals surface area contributed by atoms with Crippen LogP contribution in [0.25, 0.3) is 0 Å². The van der Waals surface area contributed by atoms with Gasteiger partial charge in [-0.15, -0.1) is 0 Å². The number of allylic oxidation sites excluding steroid dienone is 1. The second-order valence-electron chi connectivity index (χ2n) is 3.27. The smallest absolute Gasteiger partial charge is 0.00557 e. The third kappa shape index (κ3) is 2.54. The van der Waals surface area contributed by atoms with Crippen LogP contribution in [0.3, 0.4) is 0 Å². The molecule has 0 amide bonds. The van der Waals surface area contributed by atoms with Crippen molar-refractivity contribution < 1.29 is 0 Å². The molecule has 12 heavy (non-hydrogen) atoms. The summed E-state index contributed by atoms with van der Waals surface area (Å²) in [5.74, 6) is 1.32. The van der Waals surface area contributed by atoms with Crippen molar-refractivity contribution in [2.24, 2.45) is 0 Å². The van der Waals surface area contributed by atoms with E-state index in [1.807, 2.05) is 6.07 Å². The number of hydrogen-bond acceptors (Lipinski definition) is 0. The van der Waals surface area contributed by atoms with Gasteiger partial charge >= 0.3 is 0 Å². The zero-order valence-corrected chi connectivity index (χ0v) is 7.80. The topological polar surface area (TPSA) is 0 Å². The lowest BCUT2D eigenvalue weighted by atomic mass is 9.98. The average molecular weight is 159 g/mol. The summed E-state index contributed by atoms with van der Waals surface area (Å²) < 4.78 is 0. The van der Waals surface area contributed by atoms with Gasteiger partial charge in [0.25, 0.3) is 0 Å². The van der Waals surface area contributed by atoms with Crippen molar-refractivity contribution in [3.8, 4) is 0 Å². The largest absolute Gasteiger partial charge is 0.0990 e. The first kappa shape index (κ1) is 9.05.